The number of hydrogen-bond acceptors (Lipinski definition) is 7. The molecule has 33 heavy (non-hydrogen) atoms. The quantitative estimate of drug-likeness (QED) is 0.450. The Morgan fingerprint density at radius 1 is 1.18 bits per heavy atom. The number of fused-ring (bicyclic) bond motifs is 3. The van der Waals surface area contributed by atoms with Crippen LogP contribution in [0.15, 0.2) is 11.4 Å². The van der Waals surface area contributed by atoms with E-state index >= 15 is 0 Å². The first-order valence-corrected chi connectivity index (χ1v) is 12.2. The number of anilines is 1. The van der Waals surface area contributed by atoms with Gasteiger partial charge in [-0.1, -0.05) is 11.6 Å². The summed E-state index contributed by atoms with van der Waals surface area (Å²) in [5.41, 5.74) is -2.28. The lowest BCUT2D eigenvalue weighted by atomic mass is 10.1. The van der Waals surface area contributed by atoms with Crippen LogP contribution in [-0.2, 0) is 21.7 Å². The molecule has 0 spiro atoms. The van der Waals surface area contributed by atoms with Gasteiger partial charge in [0, 0.05) is 25.5 Å². The Kier molecular flexibility index (Phi) is 5.97. The van der Waals surface area contributed by atoms with Crippen LogP contribution >= 0.6 is 11.6 Å². The van der Waals surface area contributed by atoms with Crippen molar-refractivity contribution in [3.8, 4) is 0 Å². The predicted molar refractivity (Wildman–Crippen MR) is 117 cm³/mol. The van der Waals surface area contributed by atoms with Gasteiger partial charge in [0.1, 0.15) is 22.1 Å². The van der Waals surface area contributed by atoms with Crippen molar-refractivity contribution in [1.29, 1.82) is 0 Å². The van der Waals surface area contributed by atoms with E-state index < -0.39 is 44.9 Å². The van der Waals surface area contributed by atoms with Crippen LogP contribution in [0.2, 0.25) is 5.15 Å². The smallest absolute Gasteiger partial charge is 0.421 e. The number of carbonyl (C=O) groups excluding carboxylic acids is 1. The number of halogens is 4. The van der Waals surface area contributed by atoms with Gasteiger partial charge in [-0.2, -0.15) is 13.2 Å². The second kappa shape index (κ2) is 8.23. The first-order valence-electron chi connectivity index (χ1n) is 10.3. The van der Waals surface area contributed by atoms with Crippen LogP contribution in [-0.4, -0.2) is 67.2 Å². The maximum Gasteiger partial charge on any atom is 0.421 e. The van der Waals surface area contributed by atoms with Crippen LogP contribution in [0.4, 0.5) is 23.8 Å². The molecular weight excluding hydrogens is 483 g/mol. The van der Waals surface area contributed by atoms with E-state index in [1.54, 1.807) is 30.6 Å². The van der Waals surface area contributed by atoms with E-state index in [2.05, 4.69) is 15.0 Å². The van der Waals surface area contributed by atoms with Gasteiger partial charge in [-0.15, -0.1) is 0 Å². The van der Waals surface area contributed by atoms with E-state index in [1.165, 1.54) is 12.5 Å². The Bertz CT molecular complexity index is 1130. The molecule has 2 aliphatic rings. The highest BCUT2D eigenvalue weighted by Gasteiger charge is 2.45. The molecule has 2 aromatic rings. The highest BCUT2D eigenvalue weighted by Crippen LogP contribution is 2.41. The molecule has 13 heteroatoms. The normalized spacial score (nSPS) is 22.1. The highest BCUT2D eigenvalue weighted by molar-refractivity contribution is 7.84. The molecule has 4 heterocycles. The number of hydrogen-bond donors (Lipinski definition) is 0. The zero-order valence-electron chi connectivity index (χ0n) is 18.4. The fourth-order valence-electron chi connectivity index (χ4n) is 4.34. The Hall–Kier alpha value is -2.21. The maximum absolute atomic E-state index is 13.8. The molecule has 2 fully saturated rings. The minimum absolute atomic E-state index is 0.0612. The third-order valence-electron chi connectivity index (χ3n) is 5.58. The second-order valence-corrected chi connectivity index (χ2v) is 10.8. The topological polar surface area (TPSA) is 88.5 Å². The minimum Gasteiger partial charge on any atom is -0.444 e. The lowest BCUT2D eigenvalue weighted by Crippen LogP contribution is -2.57. The summed E-state index contributed by atoms with van der Waals surface area (Å²) in [4.78, 5) is 28.2. The van der Waals surface area contributed by atoms with Crippen molar-refractivity contribution < 1.29 is 26.9 Å². The predicted octanol–water partition coefficient (Wildman–Crippen LogP) is 4.02. The van der Waals surface area contributed by atoms with Crippen LogP contribution in [0, 0.1) is 0 Å². The molecule has 0 radical (unpaired) electrons. The van der Waals surface area contributed by atoms with Gasteiger partial charge in [0.15, 0.2) is 0 Å². The molecule has 4 rings (SSSR count). The van der Waals surface area contributed by atoms with E-state index in [4.69, 9.17) is 16.3 Å². The first kappa shape index (κ1) is 23.9. The summed E-state index contributed by atoms with van der Waals surface area (Å²) in [6.45, 7) is 6.04. The Morgan fingerprint density at radius 3 is 2.30 bits per heavy atom. The van der Waals surface area contributed by atoms with Crippen molar-refractivity contribution in [2.45, 2.75) is 62.6 Å². The van der Waals surface area contributed by atoms with Crippen molar-refractivity contribution in [2.24, 2.45) is 0 Å². The van der Waals surface area contributed by atoms with Gasteiger partial charge >= 0.3 is 12.3 Å². The molecule has 3 unspecified atom stereocenters. The molecule has 2 bridgehead atoms. The number of nitrogens with zero attached hydrogens (tertiary/aromatic N) is 5. The largest absolute Gasteiger partial charge is 0.444 e. The SMILES string of the molecule is CS(=O)c1nc(N2CC3CCC(C2)N3C(=O)OC(C)(C)C)c2cnc(Cl)c(C(F)(F)F)c2n1. The average Bonchev–Trinajstić information content (AvgIpc) is 2.94. The van der Waals surface area contributed by atoms with Crippen LogP contribution in [0.1, 0.15) is 39.2 Å². The minimum atomic E-state index is -4.81. The molecule has 0 saturated carbocycles. The maximum atomic E-state index is 13.8. The number of ether oxygens (including phenoxy) is 1. The van der Waals surface area contributed by atoms with Crippen LogP contribution in [0.3, 0.4) is 0 Å². The number of carbonyl (C=O) groups is 1. The standard InChI is InChI=1S/C20H23ClF3N5O3S/c1-19(2,3)32-18(30)29-10-5-6-11(29)9-28(8-10)16-12-7-25-15(21)13(20(22,23)24)14(12)26-17(27-16)33(4)31/h7,10-11H,5-6,8-9H2,1-4H3. The molecular formula is C20H23ClF3N5O3S. The molecule has 3 atom stereocenters. The highest BCUT2D eigenvalue weighted by atomic mass is 35.5. The van der Waals surface area contributed by atoms with E-state index in [1.807, 2.05) is 0 Å². The van der Waals surface area contributed by atoms with Gasteiger partial charge in [0.05, 0.1) is 33.8 Å². The fourth-order valence-corrected chi connectivity index (χ4v) is 5.02. The van der Waals surface area contributed by atoms with Gasteiger partial charge in [-0.05, 0) is 33.6 Å². The zero-order valence-corrected chi connectivity index (χ0v) is 20.0. The number of pyridine rings is 1. The molecule has 2 aliphatic heterocycles. The van der Waals surface area contributed by atoms with E-state index in [0.717, 1.165) is 12.8 Å². The van der Waals surface area contributed by atoms with E-state index in [-0.39, 0.29) is 28.4 Å². The number of piperazine rings is 1. The van der Waals surface area contributed by atoms with Crippen molar-refractivity contribution in [3.05, 3.63) is 16.9 Å². The molecule has 0 aliphatic carbocycles. The van der Waals surface area contributed by atoms with Crippen molar-refractivity contribution >= 4 is 45.2 Å². The third-order valence-corrected chi connectivity index (χ3v) is 6.57. The van der Waals surface area contributed by atoms with Gasteiger partial charge in [-0.25, -0.2) is 19.7 Å². The fraction of sp³-hybridized carbons (Fsp3) is 0.600. The van der Waals surface area contributed by atoms with Crippen molar-refractivity contribution in [1.82, 2.24) is 19.9 Å². The molecule has 180 valence electrons. The first-order chi connectivity index (χ1) is 15.3. The summed E-state index contributed by atoms with van der Waals surface area (Å²) in [5.74, 6) is 0.195. The van der Waals surface area contributed by atoms with Gasteiger partial charge in [-0.3, -0.25) is 9.11 Å². The molecule has 2 saturated heterocycles. The monoisotopic (exact) mass is 505 g/mol. The number of rotatable bonds is 2. The number of amides is 1. The van der Waals surface area contributed by atoms with Crippen LogP contribution in [0.5, 0.6) is 0 Å². The van der Waals surface area contributed by atoms with Gasteiger partial charge < -0.3 is 9.64 Å². The molecule has 2 aromatic heterocycles. The van der Waals surface area contributed by atoms with Crippen molar-refractivity contribution in [3.63, 3.8) is 0 Å². The summed E-state index contributed by atoms with van der Waals surface area (Å²) in [6.07, 6.45) is -1.26. The zero-order chi connectivity index (χ0) is 24.3. The molecule has 1 amide bonds. The Labute approximate surface area is 195 Å². The average molecular weight is 506 g/mol. The molecule has 8 nitrogen and oxygen atoms in total. The molecule has 0 N–H and O–H groups in total. The number of alkyl halides is 3. The second-order valence-electron chi connectivity index (χ2n) is 9.15. The Balaban J connectivity index is 1.77. The Morgan fingerprint density at radius 2 is 1.79 bits per heavy atom. The molecule has 0 aromatic carbocycles. The van der Waals surface area contributed by atoms with E-state index in [9.17, 15) is 22.2 Å². The van der Waals surface area contributed by atoms with Gasteiger partial charge in [0.25, 0.3) is 0 Å². The third kappa shape index (κ3) is 4.59. The van der Waals surface area contributed by atoms with Crippen LogP contribution in [0.25, 0.3) is 10.9 Å². The van der Waals surface area contributed by atoms with Gasteiger partial charge in [0.2, 0.25) is 5.16 Å². The summed E-state index contributed by atoms with van der Waals surface area (Å²) >= 11 is 5.78. The summed E-state index contributed by atoms with van der Waals surface area (Å²) in [5, 5.41) is -0.902. The lowest BCUT2D eigenvalue weighted by molar-refractivity contribution is -0.136. The van der Waals surface area contributed by atoms with Crippen LogP contribution < -0.4 is 4.90 Å². The number of aromatic nitrogens is 3. The summed E-state index contributed by atoms with van der Waals surface area (Å²) in [6, 6.07) is -0.386. The van der Waals surface area contributed by atoms with E-state index in [0.29, 0.717) is 13.1 Å². The van der Waals surface area contributed by atoms with Crippen molar-refractivity contribution in [2.75, 3.05) is 24.2 Å². The lowest BCUT2D eigenvalue weighted by Gasteiger charge is -2.42. The summed E-state index contributed by atoms with van der Waals surface area (Å²) in [7, 11) is -1.73. The summed E-state index contributed by atoms with van der Waals surface area (Å²) < 4.78 is 59.0.